The molecular weight excluding hydrogens is 310 g/mol. The van der Waals surface area contributed by atoms with E-state index in [1.54, 1.807) is 44.4 Å². The first kappa shape index (κ1) is 16.0. The zero-order valence-electron chi connectivity index (χ0n) is 11.8. The van der Waals surface area contributed by atoms with Gasteiger partial charge in [0.15, 0.2) is 0 Å². The molecule has 0 saturated carbocycles. The second kappa shape index (κ2) is 6.57. The quantitative estimate of drug-likeness (QED) is 0.851. The Morgan fingerprint density at radius 1 is 1.29 bits per heavy atom. The number of methoxy groups -OCH3 is 1. The lowest BCUT2D eigenvalue weighted by Crippen LogP contribution is -2.22. The average molecular weight is 327 g/mol. The highest BCUT2D eigenvalue weighted by atomic mass is 32.2. The van der Waals surface area contributed by atoms with Gasteiger partial charge in [-0.2, -0.15) is 0 Å². The maximum Gasteiger partial charge on any atom is 0.250 e. The SMILES string of the molecule is COc1ccc(CNS(=O)(=O)c2cc(C)c(CO)s2)cc1. The molecule has 0 aliphatic rings. The van der Waals surface area contributed by atoms with Gasteiger partial charge in [0.1, 0.15) is 9.96 Å². The third kappa shape index (κ3) is 3.82. The molecule has 0 saturated heterocycles. The Labute approximate surface area is 128 Å². The number of aryl methyl sites for hydroxylation is 1. The molecule has 0 amide bonds. The Morgan fingerprint density at radius 2 is 1.95 bits per heavy atom. The molecule has 1 heterocycles. The monoisotopic (exact) mass is 327 g/mol. The van der Waals surface area contributed by atoms with Crippen LogP contribution >= 0.6 is 11.3 Å². The van der Waals surface area contributed by atoms with Gasteiger partial charge in [0.05, 0.1) is 13.7 Å². The molecule has 5 nitrogen and oxygen atoms in total. The Balaban J connectivity index is 2.09. The van der Waals surface area contributed by atoms with Gasteiger partial charge in [-0.05, 0) is 36.2 Å². The van der Waals surface area contributed by atoms with Gasteiger partial charge in [0, 0.05) is 11.4 Å². The zero-order valence-corrected chi connectivity index (χ0v) is 13.4. The number of benzene rings is 1. The summed E-state index contributed by atoms with van der Waals surface area (Å²) in [5.41, 5.74) is 1.63. The van der Waals surface area contributed by atoms with Crippen molar-refractivity contribution in [1.82, 2.24) is 4.72 Å². The van der Waals surface area contributed by atoms with E-state index >= 15 is 0 Å². The summed E-state index contributed by atoms with van der Waals surface area (Å²) < 4.78 is 32.2. The van der Waals surface area contributed by atoms with Crippen LogP contribution in [0.1, 0.15) is 16.0 Å². The third-order valence-electron chi connectivity index (χ3n) is 3.03. The fourth-order valence-corrected chi connectivity index (χ4v) is 4.28. The van der Waals surface area contributed by atoms with E-state index in [1.165, 1.54) is 0 Å². The average Bonchev–Trinajstić information content (AvgIpc) is 2.88. The Kier molecular flexibility index (Phi) is 5.00. The molecule has 2 N–H and O–H groups in total. The van der Waals surface area contributed by atoms with Gasteiger partial charge < -0.3 is 9.84 Å². The van der Waals surface area contributed by atoms with E-state index in [0.717, 1.165) is 28.2 Å². The lowest BCUT2D eigenvalue weighted by atomic mass is 10.2. The number of nitrogens with one attached hydrogen (secondary N) is 1. The molecule has 2 aromatic rings. The maximum atomic E-state index is 12.2. The molecule has 0 spiro atoms. The van der Waals surface area contributed by atoms with Crippen molar-refractivity contribution >= 4 is 21.4 Å². The number of rotatable bonds is 6. The fourth-order valence-electron chi connectivity index (χ4n) is 1.77. The number of aliphatic hydroxyl groups excluding tert-OH is 1. The third-order valence-corrected chi connectivity index (χ3v) is 6.13. The second-order valence-electron chi connectivity index (χ2n) is 4.50. The minimum absolute atomic E-state index is 0.148. The molecule has 1 aromatic carbocycles. The first-order valence-electron chi connectivity index (χ1n) is 6.29. The first-order valence-corrected chi connectivity index (χ1v) is 8.59. The van der Waals surface area contributed by atoms with Crippen LogP contribution in [0.15, 0.2) is 34.5 Å². The highest BCUT2D eigenvalue weighted by molar-refractivity contribution is 7.91. The highest BCUT2D eigenvalue weighted by Crippen LogP contribution is 2.26. The van der Waals surface area contributed by atoms with Crippen LogP contribution in [0, 0.1) is 6.92 Å². The summed E-state index contributed by atoms with van der Waals surface area (Å²) in [6.07, 6.45) is 0. The van der Waals surface area contributed by atoms with Crippen molar-refractivity contribution in [3.63, 3.8) is 0 Å². The largest absolute Gasteiger partial charge is 0.497 e. The summed E-state index contributed by atoms with van der Waals surface area (Å²) in [7, 11) is -1.98. The normalized spacial score (nSPS) is 11.6. The minimum Gasteiger partial charge on any atom is -0.497 e. The van der Waals surface area contributed by atoms with E-state index < -0.39 is 10.0 Å². The van der Waals surface area contributed by atoms with Crippen LogP contribution in [0.3, 0.4) is 0 Å². The molecule has 114 valence electrons. The summed E-state index contributed by atoms with van der Waals surface area (Å²) in [5.74, 6) is 0.725. The fraction of sp³-hybridized carbons (Fsp3) is 0.286. The summed E-state index contributed by atoms with van der Waals surface area (Å²) in [6, 6.07) is 8.75. The number of sulfonamides is 1. The van der Waals surface area contributed by atoms with Gasteiger partial charge >= 0.3 is 0 Å². The summed E-state index contributed by atoms with van der Waals surface area (Å²) >= 11 is 1.09. The van der Waals surface area contributed by atoms with Crippen molar-refractivity contribution in [2.24, 2.45) is 0 Å². The van der Waals surface area contributed by atoms with E-state index in [2.05, 4.69) is 4.72 Å². The minimum atomic E-state index is -3.56. The molecule has 0 fully saturated rings. The van der Waals surface area contributed by atoms with E-state index in [-0.39, 0.29) is 17.4 Å². The Bertz CT molecular complexity index is 705. The lowest BCUT2D eigenvalue weighted by Gasteiger charge is -2.06. The Hall–Kier alpha value is -1.41. The van der Waals surface area contributed by atoms with Crippen molar-refractivity contribution in [3.8, 4) is 5.75 Å². The number of thiophene rings is 1. The molecule has 0 radical (unpaired) electrons. The van der Waals surface area contributed by atoms with Crippen LogP contribution < -0.4 is 9.46 Å². The summed E-state index contributed by atoms with van der Waals surface area (Å²) in [6.45, 7) is 1.84. The van der Waals surface area contributed by atoms with E-state index in [0.29, 0.717) is 4.88 Å². The zero-order chi connectivity index (χ0) is 15.5. The topological polar surface area (TPSA) is 75.6 Å². The molecule has 2 rings (SSSR count). The molecule has 1 aromatic heterocycles. The van der Waals surface area contributed by atoms with Crippen LogP contribution in [0.2, 0.25) is 0 Å². The maximum absolute atomic E-state index is 12.2. The lowest BCUT2D eigenvalue weighted by molar-refractivity contribution is 0.285. The van der Waals surface area contributed by atoms with Crippen molar-refractivity contribution in [2.45, 2.75) is 24.3 Å². The standard InChI is InChI=1S/C14H17NO4S2/c1-10-7-14(20-13(10)9-16)21(17,18)15-8-11-3-5-12(19-2)6-4-11/h3-7,15-16H,8-9H2,1-2H3. The van der Waals surface area contributed by atoms with Gasteiger partial charge in [0.25, 0.3) is 0 Å². The molecule has 0 atom stereocenters. The van der Waals surface area contributed by atoms with Crippen molar-refractivity contribution in [3.05, 3.63) is 46.3 Å². The molecule has 0 bridgehead atoms. The molecule has 7 heteroatoms. The number of hydrogen-bond acceptors (Lipinski definition) is 5. The van der Waals surface area contributed by atoms with Gasteiger partial charge in [-0.1, -0.05) is 12.1 Å². The predicted molar refractivity (Wildman–Crippen MR) is 82.0 cm³/mol. The number of hydrogen-bond donors (Lipinski definition) is 2. The van der Waals surface area contributed by atoms with Crippen molar-refractivity contribution in [1.29, 1.82) is 0 Å². The molecule has 0 aliphatic carbocycles. The first-order chi connectivity index (χ1) is 9.96. The van der Waals surface area contributed by atoms with E-state index in [1.807, 2.05) is 0 Å². The molecular formula is C14H17NO4S2. The molecule has 0 unspecified atom stereocenters. The van der Waals surface area contributed by atoms with Crippen LogP contribution in [-0.4, -0.2) is 20.6 Å². The summed E-state index contributed by atoms with van der Waals surface area (Å²) in [4.78, 5) is 0.667. The van der Waals surface area contributed by atoms with Gasteiger partial charge in [0.2, 0.25) is 10.0 Å². The number of aliphatic hydroxyl groups is 1. The van der Waals surface area contributed by atoms with E-state index in [4.69, 9.17) is 9.84 Å². The second-order valence-corrected chi connectivity index (χ2v) is 7.63. The molecule has 0 aliphatic heterocycles. The van der Waals surface area contributed by atoms with E-state index in [9.17, 15) is 8.42 Å². The van der Waals surface area contributed by atoms with Crippen LogP contribution in [0.5, 0.6) is 5.75 Å². The predicted octanol–water partition coefficient (Wildman–Crippen LogP) is 2.04. The van der Waals surface area contributed by atoms with Crippen LogP contribution in [-0.2, 0) is 23.2 Å². The summed E-state index contributed by atoms with van der Waals surface area (Å²) in [5, 5.41) is 9.14. The van der Waals surface area contributed by atoms with Crippen molar-refractivity contribution in [2.75, 3.05) is 7.11 Å². The van der Waals surface area contributed by atoms with Crippen LogP contribution in [0.25, 0.3) is 0 Å². The smallest absolute Gasteiger partial charge is 0.250 e. The van der Waals surface area contributed by atoms with Gasteiger partial charge in [-0.25, -0.2) is 13.1 Å². The van der Waals surface area contributed by atoms with Gasteiger partial charge in [-0.15, -0.1) is 11.3 Å². The van der Waals surface area contributed by atoms with Crippen LogP contribution in [0.4, 0.5) is 0 Å². The Morgan fingerprint density at radius 3 is 2.48 bits per heavy atom. The van der Waals surface area contributed by atoms with Crippen molar-refractivity contribution < 1.29 is 18.3 Å². The number of ether oxygens (including phenoxy) is 1. The molecule has 21 heavy (non-hydrogen) atoms. The van der Waals surface area contributed by atoms with Gasteiger partial charge in [-0.3, -0.25) is 0 Å². The highest BCUT2D eigenvalue weighted by Gasteiger charge is 2.18.